The molecule has 6 aliphatic rings. The lowest BCUT2D eigenvalue weighted by Crippen LogP contribution is -2.62. The number of hydrogen-bond donors (Lipinski definition) is 1. The van der Waals surface area contributed by atoms with Crippen LogP contribution in [0, 0.1) is 46.3 Å². The number of rotatable bonds is 0. The lowest BCUT2D eigenvalue weighted by atomic mass is 9.43. The van der Waals surface area contributed by atoms with Gasteiger partial charge in [-0.05, 0) is 99.2 Å². The molecule has 4 saturated carbocycles. The van der Waals surface area contributed by atoms with Gasteiger partial charge in [-0.15, -0.1) is 0 Å². The Morgan fingerprint density at radius 2 is 1.53 bits per heavy atom. The van der Waals surface area contributed by atoms with Crippen molar-refractivity contribution in [3.63, 3.8) is 0 Å². The highest BCUT2D eigenvalue weighted by Gasteiger charge is 2.64. The highest BCUT2D eigenvalue weighted by Crippen LogP contribution is 2.68. The molecule has 0 spiro atoms. The van der Waals surface area contributed by atoms with Gasteiger partial charge in [-0.1, -0.05) is 33.6 Å². The maximum atomic E-state index is 13.1. The minimum atomic E-state index is -0.320. The molecule has 3 heteroatoms. The number of Topliss-reactive ketones (excluding diaryl/α,β-unsaturated/α-hetero) is 1. The largest absolute Gasteiger partial charge is 0.393 e. The molecule has 3 nitrogen and oxygen atoms in total. The lowest BCUT2D eigenvalue weighted by molar-refractivity contribution is -0.213. The first-order valence-electron chi connectivity index (χ1n) is 13.0. The van der Waals surface area contributed by atoms with E-state index in [1.165, 1.54) is 38.5 Å². The van der Waals surface area contributed by atoms with Crippen molar-refractivity contribution in [3.8, 4) is 0 Å². The molecule has 0 radical (unpaired) electrons. The zero-order valence-corrected chi connectivity index (χ0v) is 20.0. The van der Waals surface area contributed by atoms with Crippen LogP contribution in [-0.2, 0) is 9.53 Å². The molecule has 1 N–H and O–H groups in total. The van der Waals surface area contributed by atoms with Crippen LogP contribution >= 0.6 is 0 Å². The molecule has 4 aliphatic carbocycles. The van der Waals surface area contributed by atoms with Crippen molar-refractivity contribution in [1.82, 2.24) is 0 Å². The minimum Gasteiger partial charge on any atom is -0.393 e. The van der Waals surface area contributed by atoms with Gasteiger partial charge in [0.1, 0.15) is 6.10 Å². The molecule has 0 aromatic heterocycles. The van der Waals surface area contributed by atoms with Gasteiger partial charge in [0.25, 0.3) is 0 Å². The summed E-state index contributed by atoms with van der Waals surface area (Å²) in [5, 5.41) is 11.6. The summed E-state index contributed by atoms with van der Waals surface area (Å²) < 4.78 is 6.68. The maximum Gasteiger partial charge on any atom is 0.161 e. The summed E-state index contributed by atoms with van der Waals surface area (Å²) >= 11 is 0. The lowest BCUT2D eigenvalue weighted by Gasteiger charge is -2.63. The molecule has 6 fully saturated rings. The van der Waals surface area contributed by atoms with Crippen LogP contribution in [0.25, 0.3) is 0 Å². The Bertz CT molecular complexity index is 700. The van der Waals surface area contributed by atoms with Crippen LogP contribution in [0.2, 0.25) is 0 Å². The molecule has 0 amide bonds. The van der Waals surface area contributed by atoms with E-state index in [0.717, 1.165) is 31.1 Å². The number of hydrogen-bond acceptors (Lipinski definition) is 3. The highest BCUT2D eigenvalue weighted by molar-refractivity contribution is 5.84. The van der Waals surface area contributed by atoms with Crippen LogP contribution in [0.4, 0.5) is 0 Å². The zero-order valence-electron chi connectivity index (χ0n) is 20.0. The second-order valence-electron chi connectivity index (χ2n) is 13.1. The Hall–Kier alpha value is -0.410. The summed E-state index contributed by atoms with van der Waals surface area (Å²) in [4.78, 5) is 13.1. The van der Waals surface area contributed by atoms with Crippen molar-refractivity contribution in [2.75, 3.05) is 0 Å². The molecule has 10 atom stereocenters. The van der Waals surface area contributed by atoms with Crippen molar-refractivity contribution in [3.05, 3.63) is 0 Å². The Balaban J connectivity index is 1.59. The molecule has 6 rings (SSSR count). The summed E-state index contributed by atoms with van der Waals surface area (Å²) in [5.41, 5.74) is 0.254. The average Bonchev–Trinajstić information content (AvgIpc) is 3.02. The minimum absolute atomic E-state index is 0.133. The number of aliphatic hydroxyl groups is 1. The van der Waals surface area contributed by atoms with Gasteiger partial charge >= 0.3 is 0 Å². The summed E-state index contributed by atoms with van der Waals surface area (Å²) in [6.07, 6.45) is 10.5. The summed E-state index contributed by atoms with van der Waals surface area (Å²) in [6, 6.07) is 0. The first-order valence-corrected chi connectivity index (χ1v) is 13.0. The fraction of sp³-hybridized carbons (Fsp3) is 0.963. The molecule has 2 saturated heterocycles. The van der Waals surface area contributed by atoms with E-state index in [-0.39, 0.29) is 29.1 Å². The van der Waals surface area contributed by atoms with Crippen LogP contribution in [0.3, 0.4) is 0 Å². The molecule has 2 unspecified atom stereocenters. The second-order valence-corrected chi connectivity index (χ2v) is 13.1. The van der Waals surface area contributed by atoms with Gasteiger partial charge in [-0.2, -0.15) is 0 Å². The van der Waals surface area contributed by atoms with Gasteiger partial charge in [0, 0.05) is 12.3 Å². The summed E-state index contributed by atoms with van der Waals surface area (Å²) in [7, 11) is 0. The smallest absolute Gasteiger partial charge is 0.161 e. The summed E-state index contributed by atoms with van der Waals surface area (Å²) in [6.45, 7) is 11.9. The standard InChI is InChI=1S/C27H44O3/c1-16-7-6-12-25(2,3)30-24-20-15-22(29)23-18-9-8-17(16)26(18,4)13-10-19(23)27(20,5)14-11-21(24)28/h16-20,22-24,29H,6-15H2,1-5H3/t16-,17-,18+,19+,20-,22?,23+,24?,26-,27-/m1/s1. The number of carbonyl (C=O) groups excluding carboxylic acids is 1. The van der Waals surface area contributed by atoms with Crippen LogP contribution in [0.1, 0.15) is 98.8 Å². The third-order valence-corrected chi connectivity index (χ3v) is 11.2. The zero-order chi connectivity index (χ0) is 21.5. The van der Waals surface area contributed by atoms with E-state index in [0.29, 0.717) is 35.4 Å². The van der Waals surface area contributed by atoms with Crippen molar-refractivity contribution >= 4 is 5.78 Å². The van der Waals surface area contributed by atoms with Crippen molar-refractivity contribution < 1.29 is 14.6 Å². The number of fused-ring (bicyclic) bond motifs is 7. The van der Waals surface area contributed by atoms with Gasteiger partial charge in [-0.3, -0.25) is 4.79 Å². The highest BCUT2D eigenvalue weighted by atomic mass is 16.5. The second kappa shape index (κ2) is 7.04. The topological polar surface area (TPSA) is 46.5 Å². The van der Waals surface area contributed by atoms with Gasteiger partial charge in [-0.25, -0.2) is 0 Å². The van der Waals surface area contributed by atoms with Crippen LogP contribution in [-0.4, -0.2) is 28.7 Å². The normalized spacial score (nSPS) is 55.5. The molecule has 8 bridgehead atoms. The van der Waals surface area contributed by atoms with E-state index >= 15 is 0 Å². The SMILES string of the molecule is C[C@@H]1CCCC(C)(C)OC2C(=O)CC[C@@]3(C)[C@@H]2CC(O)[C@@H]2[C@@H]3CC[C@]3(C)[C@@H]1CC[C@@H]23. The Morgan fingerprint density at radius 3 is 2.30 bits per heavy atom. The van der Waals surface area contributed by atoms with Gasteiger partial charge in [0.05, 0.1) is 11.7 Å². The number of ether oxygens (including phenoxy) is 1. The maximum absolute atomic E-state index is 13.1. The van der Waals surface area contributed by atoms with E-state index < -0.39 is 0 Å². The molecular formula is C27H44O3. The Labute approximate surface area is 183 Å². The molecule has 2 aliphatic heterocycles. The van der Waals surface area contributed by atoms with Crippen LogP contribution in [0.15, 0.2) is 0 Å². The summed E-state index contributed by atoms with van der Waals surface area (Å²) in [5.74, 6) is 3.63. The van der Waals surface area contributed by atoms with Crippen LogP contribution in [0.5, 0.6) is 0 Å². The average molecular weight is 417 g/mol. The number of ketones is 1. The predicted molar refractivity (Wildman–Crippen MR) is 119 cm³/mol. The van der Waals surface area contributed by atoms with E-state index in [9.17, 15) is 9.90 Å². The predicted octanol–water partition coefficient (Wildman–Crippen LogP) is 5.78. The van der Waals surface area contributed by atoms with Gasteiger partial charge in [0.2, 0.25) is 0 Å². The molecular weight excluding hydrogens is 372 g/mol. The quantitative estimate of drug-likeness (QED) is 0.544. The van der Waals surface area contributed by atoms with E-state index in [4.69, 9.17) is 4.74 Å². The Kier molecular flexibility index (Phi) is 5.03. The number of aliphatic hydroxyl groups excluding tert-OH is 1. The molecule has 170 valence electrons. The van der Waals surface area contributed by atoms with Crippen molar-refractivity contribution in [2.24, 2.45) is 46.3 Å². The van der Waals surface area contributed by atoms with Gasteiger partial charge < -0.3 is 9.84 Å². The Morgan fingerprint density at radius 1 is 0.867 bits per heavy atom. The fourth-order valence-electron chi connectivity index (χ4n) is 9.64. The molecule has 0 aromatic carbocycles. The molecule has 30 heavy (non-hydrogen) atoms. The monoisotopic (exact) mass is 416 g/mol. The third kappa shape index (κ3) is 3.00. The third-order valence-electron chi connectivity index (χ3n) is 11.2. The van der Waals surface area contributed by atoms with Crippen LogP contribution < -0.4 is 0 Å². The van der Waals surface area contributed by atoms with Gasteiger partial charge in [0.15, 0.2) is 5.78 Å². The molecule has 2 heterocycles. The van der Waals surface area contributed by atoms with Crippen molar-refractivity contribution in [2.45, 2.75) is 117 Å². The van der Waals surface area contributed by atoms with E-state index in [1.54, 1.807) is 0 Å². The first kappa shape index (κ1) is 21.4. The fourth-order valence-corrected chi connectivity index (χ4v) is 9.64. The molecule has 0 aromatic rings. The number of carbonyl (C=O) groups is 1. The van der Waals surface area contributed by atoms with Crippen molar-refractivity contribution in [1.29, 1.82) is 0 Å². The van der Waals surface area contributed by atoms with E-state index in [1.807, 2.05) is 0 Å². The first-order chi connectivity index (χ1) is 14.1. The van der Waals surface area contributed by atoms with E-state index in [2.05, 4.69) is 34.6 Å².